The van der Waals surface area contributed by atoms with Crippen LogP contribution in [0.4, 0.5) is 0 Å². The predicted molar refractivity (Wildman–Crippen MR) is 150 cm³/mol. The van der Waals surface area contributed by atoms with Gasteiger partial charge < -0.3 is 9.47 Å². The van der Waals surface area contributed by atoms with Crippen molar-refractivity contribution in [3.8, 4) is 22.6 Å². The summed E-state index contributed by atoms with van der Waals surface area (Å²) in [7, 11) is -3.83. The SMILES string of the molecule is CCCCCCCCCCOc1cccc(OCCCCCCCCS(=O)(=O)O)c1-c1ccccc1. The number of hydrogen-bond donors (Lipinski definition) is 1. The van der Waals surface area contributed by atoms with Gasteiger partial charge in [-0.15, -0.1) is 0 Å². The van der Waals surface area contributed by atoms with E-state index in [2.05, 4.69) is 19.1 Å². The molecule has 0 spiro atoms. The average molecular weight is 519 g/mol. The molecule has 0 aromatic heterocycles. The molecule has 5 nitrogen and oxygen atoms in total. The van der Waals surface area contributed by atoms with Crippen molar-refractivity contribution in [2.75, 3.05) is 19.0 Å². The zero-order chi connectivity index (χ0) is 25.9. The lowest BCUT2D eigenvalue weighted by Crippen LogP contribution is -2.03. The van der Waals surface area contributed by atoms with E-state index < -0.39 is 10.1 Å². The highest BCUT2D eigenvalue weighted by Gasteiger charge is 2.13. The predicted octanol–water partition coefficient (Wildman–Crippen LogP) is 8.48. The van der Waals surface area contributed by atoms with Gasteiger partial charge >= 0.3 is 0 Å². The quantitative estimate of drug-likeness (QED) is 0.132. The number of hydrogen-bond acceptors (Lipinski definition) is 4. The van der Waals surface area contributed by atoms with Crippen LogP contribution in [0.3, 0.4) is 0 Å². The Morgan fingerprint density at radius 1 is 0.611 bits per heavy atom. The second-order valence-corrected chi connectivity index (χ2v) is 11.1. The third-order valence-electron chi connectivity index (χ3n) is 6.36. The third kappa shape index (κ3) is 13.3. The molecule has 0 atom stereocenters. The fraction of sp³-hybridized carbons (Fsp3) is 0.600. The van der Waals surface area contributed by atoms with Gasteiger partial charge in [-0.2, -0.15) is 8.42 Å². The molecule has 0 fully saturated rings. The van der Waals surface area contributed by atoms with E-state index in [1.54, 1.807) is 0 Å². The Morgan fingerprint density at radius 3 is 1.58 bits per heavy atom. The van der Waals surface area contributed by atoms with Crippen molar-refractivity contribution in [2.24, 2.45) is 0 Å². The first-order chi connectivity index (χ1) is 17.5. The van der Waals surface area contributed by atoms with Crippen LogP contribution in [-0.4, -0.2) is 31.9 Å². The van der Waals surface area contributed by atoms with Crippen LogP contribution in [0.5, 0.6) is 11.5 Å². The van der Waals surface area contributed by atoms with E-state index in [9.17, 15) is 8.42 Å². The fourth-order valence-electron chi connectivity index (χ4n) is 4.33. The number of unbranched alkanes of at least 4 members (excludes halogenated alkanes) is 12. The van der Waals surface area contributed by atoms with E-state index in [0.29, 0.717) is 13.0 Å². The molecule has 0 saturated carbocycles. The van der Waals surface area contributed by atoms with Crippen LogP contribution in [0.1, 0.15) is 96.8 Å². The topological polar surface area (TPSA) is 72.8 Å². The van der Waals surface area contributed by atoms with Crippen molar-refractivity contribution in [3.05, 3.63) is 48.5 Å². The fourth-order valence-corrected chi connectivity index (χ4v) is 4.90. The lowest BCUT2D eigenvalue weighted by molar-refractivity contribution is 0.292. The van der Waals surface area contributed by atoms with Crippen LogP contribution in [-0.2, 0) is 10.1 Å². The van der Waals surface area contributed by atoms with Gasteiger partial charge in [-0.05, 0) is 37.0 Å². The summed E-state index contributed by atoms with van der Waals surface area (Å²) in [5.74, 6) is 1.58. The Balaban J connectivity index is 1.79. The summed E-state index contributed by atoms with van der Waals surface area (Å²) in [5, 5.41) is 0. The van der Waals surface area contributed by atoms with E-state index >= 15 is 0 Å². The highest BCUT2D eigenvalue weighted by atomic mass is 32.2. The van der Waals surface area contributed by atoms with Gasteiger partial charge in [-0.3, -0.25) is 4.55 Å². The molecule has 0 aliphatic rings. The van der Waals surface area contributed by atoms with Crippen molar-refractivity contribution >= 4 is 10.1 Å². The summed E-state index contributed by atoms with van der Waals surface area (Å²) in [6.07, 6.45) is 15.5. The molecule has 0 amide bonds. The Bertz CT molecular complexity index is 928. The molecular formula is C30H46O5S. The maximum absolute atomic E-state index is 10.8. The largest absolute Gasteiger partial charge is 0.493 e. The molecule has 1 N–H and O–H groups in total. The Labute approximate surface area is 219 Å². The van der Waals surface area contributed by atoms with Gasteiger partial charge in [0.25, 0.3) is 10.1 Å². The van der Waals surface area contributed by atoms with Crippen molar-refractivity contribution in [1.82, 2.24) is 0 Å². The van der Waals surface area contributed by atoms with Gasteiger partial charge in [0.2, 0.25) is 0 Å². The van der Waals surface area contributed by atoms with Crippen molar-refractivity contribution in [2.45, 2.75) is 96.8 Å². The number of ether oxygens (including phenoxy) is 2. The highest BCUT2D eigenvalue weighted by molar-refractivity contribution is 7.85. The van der Waals surface area contributed by atoms with E-state index in [4.69, 9.17) is 14.0 Å². The van der Waals surface area contributed by atoms with E-state index in [-0.39, 0.29) is 5.75 Å². The summed E-state index contributed by atoms with van der Waals surface area (Å²) in [6, 6.07) is 16.3. The van der Waals surface area contributed by atoms with E-state index in [1.807, 2.05) is 36.4 Å². The van der Waals surface area contributed by atoms with Crippen LogP contribution in [0.15, 0.2) is 48.5 Å². The molecule has 202 valence electrons. The summed E-state index contributed by atoms with van der Waals surface area (Å²) in [5.41, 5.74) is 2.11. The second kappa shape index (κ2) is 18.2. The average Bonchev–Trinajstić information content (AvgIpc) is 2.86. The zero-order valence-electron chi connectivity index (χ0n) is 22.1. The van der Waals surface area contributed by atoms with Crippen LogP contribution >= 0.6 is 0 Å². The molecule has 0 heterocycles. The lowest BCUT2D eigenvalue weighted by Gasteiger charge is -2.17. The van der Waals surface area contributed by atoms with E-state index in [0.717, 1.165) is 67.8 Å². The molecule has 0 radical (unpaired) electrons. The van der Waals surface area contributed by atoms with Crippen molar-refractivity contribution < 1.29 is 22.4 Å². The maximum atomic E-state index is 10.8. The summed E-state index contributed by atoms with van der Waals surface area (Å²) < 4.78 is 42.8. The molecule has 0 saturated heterocycles. The minimum absolute atomic E-state index is 0.143. The van der Waals surface area contributed by atoms with Crippen molar-refractivity contribution in [3.63, 3.8) is 0 Å². The Morgan fingerprint density at radius 2 is 1.08 bits per heavy atom. The molecular weight excluding hydrogens is 472 g/mol. The second-order valence-electron chi connectivity index (χ2n) is 9.57. The molecule has 2 aromatic carbocycles. The first-order valence-corrected chi connectivity index (χ1v) is 15.5. The van der Waals surface area contributed by atoms with E-state index in [1.165, 1.54) is 44.9 Å². The first-order valence-electron chi connectivity index (χ1n) is 13.9. The van der Waals surface area contributed by atoms with Crippen LogP contribution in [0, 0.1) is 0 Å². The molecule has 0 aliphatic carbocycles. The molecule has 36 heavy (non-hydrogen) atoms. The third-order valence-corrected chi connectivity index (χ3v) is 7.16. The van der Waals surface area contributed by atoms with Crippen LogP contribution in [0.25, 0.3) is 11.1 Å². The van der Waals surface area contributed by atoms with Gasteiger partial charge in [0.1, 0.15) is 11.5 Å². The maximum Gasteiger partial charge on any atom is 0.264 e. The molecule has 2 rings (SSSR count). The zero-order valence-corrected chi connectivity index (χ0v) is 22.9. The van der Waals surface area contributed by atoms with Crippen molar-refractivity contribution in [1.29, 1.82) is 0 Å². The van der Waals surface area contributed by atoms with Gasteiger partial charge in [-0.1, -0.05) is 114 Å². The monoisotopic (exact) mass is 518 g/mol. The molecule has 0 aliphatic heterocycles. The lowest BCUT2D eigenvalue weighted by atomic mass is 10.0. The van der Waals surface area contributed by atoms with Crippen LogP contribution < -0.4 is 9.47 Å². The summed E-state index contributed by atoms with van der Waals surface area (Å²) in [4.78, 5) is 0. The molecule has 2 aromatic rings. The standard InChI is InChI=1S/C30H46O5S/c1-2-3-4-5-6-7-10-16-24-34-28-22-19-23-29(30(28)27-20-14-13-15-21-27)35-25-17-11-8-9-12-18-26-36(31,32)33/h13-15,19-23H,2-12,16-18,24-26H2,1H3,(H,31,32,33). The summed E-state index contributed by atoms with van der Waals surface area (Å²) >= 11 is 0. The Hall–Kier alpha value is -2.05. The van der Waals surface area contributed by atoms with Gasteiger partial charge in [-0.25, -0.2) is 0 Å². The highest BCUT2D eigenvalue weighted by Crippen LogP contribution is 2.38. The molecule has 6 heteroatoms. The van der Waals surface area contributed by atoms with Crippen LogP contribution in [0.2, 0.25) is 0 Å². The number of benzene rings is 2. The summed E-state index contributed by atoms with van der Waals surface area (Å²) in [6.45, 7) is 3.60. The van der Waals surface area contributed by atoms with Gasteiger partial charge in [0.05, 0.1) is 24.5 Å². The number of rotatable bonds is 21. The Kier molecular flexibility index (Phi) is 15.3. The first kappa shape index (κ1) is 30.2. The smallest absolute Gasteiger partial charge is 0.264 e. The minimum atomic E-state index is -3.83. The van der Waals surface area contributed by atoms with Gasteiger partial charge in [0, 0.05) is 0 Å². The molecule has 0 unspecified atom stereocenters. The molecule has 0 bridgehead atoms. The normalized spacial score (nSPS) is 11.5. The van der Waals surface area contributed by atoms with Gasteiger partial charge in [0.15, 0.2) is 0 Å². The minimum Gasteiger partial charge on any atom is -0.493 e.